The molecule has 0 saturated heterocycles. The largest absolute Gasteiger partial charge is 0.494 e. The lowest BCUT2D eigenvalue weighted by Gasteiger charge is -2.23. The third-order valence-corrected chi connectivity index (χ3v) is 7.00. The van der Waals surface area contributed by atoms with E-state index in [0.29, 0.717) is 12.3 Å². The molecule has 0 amide bonds. The Morgan fingerprint density at radius 3 is 2.26 bits per heavy atom. The average Bonchev–Trinajstić information content (AvgIpc) is 2.85. The van der Waals surface area contributed by atoms with Crippen LogP contribution in [0.5, 0.6) is 5.75 Å². The van der Waals surface area contributed by atoms with Crippen LogP contribution in [0.15, 0.2) is 46.0 Å². The summed E-state index contributed by atoms with van der Waals surface area (Å²) in [5.74, 6) is -1.99. The van der Waals surface area contributed by atoms with Gasteiger partial charge in [0.1, 0.15) is 11.6 Å². The summed E-state index contributed by atoms with van der Waals surface area (Å²) in [6.07, 6.45) is 6.11. The number of hydrogen-bond donors (Lipinski definition) is 0. The first-order chi connectivity index (χ1) is 16.8. The molecular weight excluding hydrogens is 457 g/mol. The zero-order valence-corrected chi connectivity index (χ0v) is 20.0. The summed E-state index contributed by atoms with van der Waals surface area (Å²) in [6, 6.07) is 7.88. The Kier molecular flexibility index (Phi) is 7.48. The van der Waals surface area contributed by atoms with Gasteiger partial charge in [0.15, 0.2) is 11.6 Å². The van der Waals surface area contributed by atoms with Gasteiger partial charge in [-0.25, -0.2) is 18.0 Å². The van der Waals surface area contributed by atoms with Crippen LogP contribution in [0.3, 0.4) is 0 Å². The second-order valence-electron chi connectivity index (χ2n) is 9.10. The average molecular weight is 487 g/mol. The molecule has 0 N–H and O–H groups in total. The van der Waals surface area contributed by atoms with Crippen molar-refractivity contribution in [3.8, 4) is 16.9 Å². The molecule has 8 heteroatoms. The van der Waals surface area contributed by atoms with E-state index in [-0.39, 0.29) is 34.7 Å². The molecule has 0 atom stereocenters. The van der Waals surface area contributed by atoms with Gasteiger partial charge in [-0.3, -0.25) is 13.9 Å². The summed E-state index contributed by atoms with van der Waals surface area (Å²) in [4.78, 5) is 27.0. The Balaban J connectivity index is 1.89. The third kappa shape index (κ3) is 4.92. The summed E-state index contributed by atoms with van der Waals surface area (Å²) in [6.45, 7) is 1.22. The van der Waals surface area contributed by atoms with Gasteiger partial charge in [-0.15, -0.1) is 0 Å². The number of methoxy groups -OCH3 is 1. The van der Waals surface area contributed by atoms with Crippen molar-refractivity contribution >= 4 is 0 Å². The predicted octanol–water partition coefficient (Wildman–Crippen LogP) is 5.43. The minimum absolute atomic E-state index is 0.0265. The van der Waals surface area contributed by atoms with Gasteiger partial charge in [0.25, 0.3) is 5.56 Å². The Hall–Kier alpha value is -3.29. The van der Waals surface area contributed by atoms with Gasteiger partial charge < -0.3 is 4.74 Å². The quantitative estimate of drug-likeness (QED) is 0.448. The van der Waals surface area contributed by atoms with Crippen molar-refractivity contribution in [1.29, 1.82) is 0 Å². The first-order valence-electron chi connectivity index (χ1n) is 11.9. The fourth-order valence-corrected chi connectivity index (χ4v) is 4.98. The van der Waals surface area contributed by atoms with E-state index in [1.807, 2.05) is 0 Å². The summed E-state index contributed by atoms with van der Waals surface area (Å²) in [7, 11) is 1.32. The van der Waals surface area contributed by atoms with Crippen LogP contribution in [0.4, 0.5) is 13.2 Å². The van der Waals surface area contributed by atoms with E-state index in [2.05, 4.69) is 0 Å². The summed E-state index contributed by atoms with van der Waals surface area (Å²) < 4.78 is 51.4. The van der Waals surface area contributed by atoms with Gasteiger partial charge in [-0.05, 0) is 37.5 Å². The van der Waals surface area contributed by atoms with Crippen LogP contribution < -0.4 is 16.0 Å². The molecule has 4 rings (SSSR count). The highest BCUT2D eigenvalue weighted by atomic mass is 19.1. The third-order valence-electron chi connectivity index (χ3n) is 7.00. The van der Waals surface area contributed by atoms with Crippen LogP contribution in [0, 0.1) is 30.3 Å². The highest BCUT2D eigenvalue weighted by Gasteiger charge is 2.24. The summed E-state index contributed by atoms with van der Waals surface area (Å²) >= 11 is 0. The monoisotopic (exact) mass is 486 g/mol. The smallest absolute Gasteiger partial charge is 0.331 e. The number of nitrogens with zero attached hydrogens (tertiary/aromatic N) is 2. The van der Waals surface area contributed by atoms with Crippen molar-refractivity contribution in [2.45, 2.75) is 58.5 Å². The van der Waals surface area contributed by atoms with Gasteiger partial charge in [0.2, 0.25) is 0 Å². The molecule has 1 aliphatic carbocycles. The second-order valence-corrected chi connectivity index (χ2v) is 9.10. The molecule has 1 aliphatic rings. The van der Waals surface area contributed by atoms with Gasteiger partial charge in [-0.2, -0.15) is 0 Å². The van der Waals surface area contributed by atoms with Gasteiger partial charge in [0, 0.05) is 23.4 Å². The van der Waals surface area contributed by atoms with Crippen LogP contribution in [0.1, 0.15) is 49.8 Å². The molecular formula is C27H29F3N2O3. The number of aromatic nitrogens is 2. The lowest BCUT2D eigenvalue weighted by molar-refractivity contribution is 0.319. The Morgan fingerprint density at radius 1 is 0.943 bits per heavy atom. The molecule has 0 unspecified atom stereocenters. The van der Waals surface area contributed by atoms with Crippen molar-refractivity contribution in [3.05, 3.63) is 85.9 Å². The number of ether oxygens (including phenoxy) is 1. The molecule has 1 heterocycles. The number of halogens is 3. The zero-order chi connectivity index (χ0) is 25.1. The molecule has 1 fully saturated rings. The second kappa shape index (κ2) is 10.5. The van der Waals surface area contributed by atoms with Crippen molar-refractivity contribution < 1.29 is 17.9 Å². The topological polar surface area (TPSA) is 53.2 Å². The number of rotatable bonds is 7. The maximum absolute atomic E-state index is 15.2. The highest BCUT2D eigenvalue weighted by molar-refractivity contribution is 5.67. The first kappa shape index (κ1) is 24.8. The predicted molar refractivity (Wildman–Crippen MR) is 128 cm³/mol. The Bertz CT molecular complexity index is 1320. The molecule has 3 aromatic rings. The lowest BCUT2D eigenvalue weighted by atomic mass is 9.87. The standard InChI is InChI=1S/C27H29F3N2O3/c1-17-24(19-10-6-13-23(35-2)25(19)30)26(33)31(15-14-18-8-4-3-5-9-18)27(34)32(17)16-20-21(28)11-7-12-22(20)29/h6-7,10-13,18H,3-5,8-9,14-16H2,1-2H3. The number of hydrogen-bond acceptors (Lipinski definition) is 3. The molecule has 1 aromatic heterocycles. The van der Waals surface area contributed by atoms with E-state index in [4.69, 9.17) is 4.74 Å². The molecule has 0 spiro atoms. The molecule has 0 radical (unpaired) electrons. The van der Waals surface area contributed by atoms with Crippen LogP contribution in [0.2, 0.25) is 0 Å². The minimum atomic E-state index is -0.801. The van der Waals surface area contributed by atoms with Crippen LogP contribution in [0.25, 0.3) is 11.1 Å². The maximum Gasteiger partial charge on any atom is 0.331 e. The van der Waals surface area contributed by atoms with Gasteiger partial charge in [0.05, 0.1) is 19.2 Å². The molecule has 35 heavy (non-hydrogen) atoms. The van der Waals surface area contributed by atoms with Gasteiger partial charge >= 0.3 is 5.69 Å². The lowest BCUT2D eigenvalue weighted by Crippen LogP contribution is -2.43. The van der Waals surface area contributed by atoms with E-state index >= 15 is 4.39 Å². The van der Waals surface area contributed by atoms with E-state index in [9.17, 15) is 18.4 Å². The summed E-state index contributed by atoms with van der Waals surface area (Å²) in [5.41, 5.74) is -1.52. The molecule has 2 aromatic carbocycles. The van der Waals surface area contributed by atoms with Crippen LogP contribution in [-0.2, 0) is 13.1 Å². The van der Waals surface area contributed by atoms with E-state index in [1.54, 1.807) is 6.07 Å². The van der Waals surface area contributed by atoms with Crippen molar-refractivity contribution in [2.75, 3.05) is 7.11 Å². The summed E-state index contributed by atoms with van der Waals surface area (Å²) in [5, 5.41) is 0. The van der Waals surface area contributed by atoms with Crippen LogP contribution in [-0.4, -0.2) is 16.2 Å². The number of benzene rings is 2. The van der Waals surface area contributed by atoms with Gasteiger partial charge in [-0.1, -0.05) is 50.3 Å². The van der Waals surface area contributed by atoms with Crippen molar-refractivity contribution in [3.63, 3.8) is 0 Å². The molecule has 1 saturated carbocycles. The fraction of sp³-hybridized carbons (Fsp3) is 0.407. The minimum Gasteiger partial charge on any atom is -0.494 e. The van der Waals surface area contributed by atoms with Crippen molar-refractivity contribution in [2.24, 2.45) is 5.92 Å². The fourth-order valence-electron chi connectivity index (χ4n) is 4.98. The molecule has 5 nitrogen and oxygen atoms in total. The normalized spacial score (nSPS) is 14.3. The molecule has 186 valence electrons. The maximum atomic E-state index is 15.2. The molecule has 0 bridgehead atoms. The zero-order valence-electron chi connectivity index (χ0n) is 20.0. The SMILES string of the molecule is COc1cccc(-c2c(C)n(Cc3c(F)cccc3F)c(=O)n(CCC3CCCCC3)c2=O)c1F. The van der Waals surface area contributed by atoms with Crippen molar-refractivity contribution in [1.82, 2.24) is 9.13 Å². The Morgan fingerprint density at radius 2 is 1.60 bits per heavy atom. The van der Waals surface area contributed by atoms with E-state index < -0.39 is 35.2 Å². The van der Waals surface area contributed by atoms with E-state index in [1.165, 1.54) is 38.7 Å². The van der Waals surface area contributed by atoms with Crippen LogP contribution >= 0.6 is 0 Å². The highest BCUT2D eigenvalue weighted by Crippen LogP contribution is 2.30. The first-order valence-corrected chi connectivity index (χ1v) is 11.9. The van der Waals surface area contributed by atoms with E-state index in [0.717, 1.165) is 47.0 Å². The Labute approximate surface area is 201 Å². The molecule has 0 aliphatic heterocycles.